The zero-order valence-electron chi connectivity index (χ0n) is 36.7. The second-order valence-electron chi connectivity index (χ2n) is 14.3. The SMILES string of the molecule is CC/C=C\C/C=C\C/C=C\C/C=C\C/C=C\C/C=C\CCC(=O)OC(COC(=O)CCCCCCCCCCC/C=C\C/C=C\CCCCC)COP(=O)(O)OCC. The largest absolute Gasteiger partial charge is 0.472 e. The summed E-state index contributed by atoms with van der Waals surface area (Å²) in [6.07, 6.45) is 57.6. The highest BCUT2D eigenvalue weighted by Gasteiger charge is 2.25. The average molecular weight is 829 g/mol. The van der Waals surface area contributed by atoms with E-state index in [0.29, 0.717) is 6.42 Å². The van der Waals surface area contributed by atoms with Gasteiger partial charge in [0.25, 0.3) is 0 Å². The van der Waals surface area contributed by atoms with Gasteiger partial charge in [0.2, 0.25) is 0 Å². The van der Waals surface area contributed by atoms with Crippen LogP contribution in [0.3, 0.4) is 0 Å². The fourth-order valence-electron chi connectivity index (χ4n) is 5.63. The van der Waals surface area contributed by atoms with Crippen molar-refractivity contribution in [2.45, 2.75) is 181 Å². The molecule has 0 aliphatic rings. The first-order valence-electron chi connectivity index (χ1n) is 22.5. The van der Waals surface area contributed by atoms with Crippen LogP contribution in [0.2, 0.25) is 0 Å². The number of ether oxygens (including phenoxy) is 2. The van der Waals surface area contributed by atoms with Crippen LogP contribution in [0.4, 0.5) is 0 Å². The maximum absolute atomic E-state index is 12.5. The number of phosphoric acid groups is 1. The predicted octanol–water partition coefficient (Wildman–Crippen LogP) is 14.4. The number of esters is 2. The van der Waals surface area contributed by atoms with E-state index in [-0.39, 0.29) is 26.1 Å². The molecule has 330 valence electrons. The van der Waals surface area contributed by atoms with Gasteiger partial charge in [0, 0.05) is 12.8 Å². The van der Waals surface area contributed by atoms with Crippen molar-refractivity contribution in [3.63, 3.8) is 0 Å². The molecule has 0 rings (SSSR count). The highest BCUT2D eigenvalue weighted by atomic mass is 31.2. The molecule has 0 saturated heterocycles. The van der Waals surface area contributed by atoms with Crippen molar-refractivity contribution in [1.82, 2.24) is 0 Å². The van der Waals surface area contributed by atoms with Crippen LogP contribution in [-0.4, -0.2) is 42.8 Å². The fraction of sp³-hybridized carbons (Fsp3) is 0.633. The lowest BCUT2D eigenvalue weighted by Gasteiger charge is -2.19. The third-order valence-corrected chi connectivity index (χ3v) is 9.95. The van der Waals surface area contributed by atoms with Gasteiger partial charge in [-0.3, -0.25) is 18.6 Å². The number of hydrogen-bond donors (Lipinski definition) is 1. The van der Waals surface area contributed by atoms with Gasteiger partial charge in [0.1, 0.15) is 6.61 Å². The summed E-state index contributed by atoms with van der Waals surface area (Å²) in [6.45, 7) is 5.23. The standard InChI is InChI=1S/C49H81O8P/c1-4-7-9-11-13-15-17-19-21-23-25-27-29-31-33-35-37-39-41-43-48(50)54-45-47(46-56-58(52,53)55-6-3)57-49(51)44-42-40-38-36-34-32-30-28-26-24-22-20-18-16-14-12-10-8-5-2/h8,10,13-16,19-22,26,28,32,34,38,40,47H,4-7,9,11-12,17-18,23-25,27,29-31,33,35-37,39,41-46H2,1-3H3,(H,52,53)/b10-8-,15-13-,16-14-,21-19-,22-20-,28-26-,34-32-,40-38-. The van der Waals surface area contributed by atoms with Crippen molar-refractivity contribution in [3.8, 4) is 0 Å². The molecule has 0 fully saturated rings. The molecule has 0 heterocycles. The van der Waals surface area contributed by atoms with E-state index in [9.17, 15) is 19.0 Å². The minimum absolute atomic E-state index is 0.0191. The average Bonchev–Trinajstić information content (AvgIpc) is 3.20. The Morgan fingerprint density at radius 3 is 1.40 bits per heavy atom. The molecule has 2 atom stereocenters. The van der Waals surface area contributed by atoms with Crippen molar-refractivity contribution in [3.05, 3.63) is 97.2 Å². The summed E-state index contributed by atoms with van der Waals surface area (Å²) in [4.78, 5) is 34.8. The molecule has 0 saturated carbocycles. The lowest BCUT2D eigenvalue weighted by molar-refractivity contribution is -0.161. The van der Waals surface area contributed by atoms with E-state index in [1.165, 1.54) is 57.8 Å². The van der Waals surface area contributed by atoms with Crippen molar-refractivity contribution in [2.24, 2.45) is 0 Å². The number of carbonyl (C=O) groups is 2. The molecule has 0 aliphatic carbocycles. The summed E-state index contributed by atoms with van der Waals surface area (Å²) in [5.41, 5.74) is 0. The predicted molar refractivity (Wildman–Crippen MR) is 244 cm³/mol. The van der Waals surface area contributed by atoms with Gasteiger partial charge in [-0.15, -0.1) is 0 Å². The molecule has 0 radical (unpaired) electrons. The number of phosphoric ester groups is 1. The quantitative estimate of drug-likeness (QED) is 0.0281. The Bertz CT molecular complexity index is 1260. The molecule has 0 aliphatic heterocycles. The summed E-state index contributed by atoms with van der Waals surface area (Å²) in [6, 6.07) is 0. The minimum Gasteiger partial charge on any atom is -0.462 e. The van der Waals surface area contributed by atoms with E-state index in [1.807, 2.05) is 12.2 Å². The first kappa shape index (κ1) is 55.0. The molecule has 0 aromatic carbocycles. The topological polar surface area (TPSA) is 108 Å². The van der Waals surface area contributed by atoms with E-state index in [1.54, 1.807) is 6.92 Å². The summed E-state index contributed by atoms with van der Waals surface area (Å²) in [5.74, 6) is -0.908. The normalized spacial score (nSPS) is 14.2. The number of carbonyl (C=O) groups excluding carboxylic acids is 2. The van der Waals surface area contributed by atoms with Gasteiger partial charge < -0.3 is 14.4 Å². The maximum atomic E-state index is 12.5. The Kier molecular flexibility index (Phi) is 41.3. The molecule has 0 amide bonds. The van der Waals surface area contributed by atoms with Gasteiger partial charge in [0.15, 0.2) is 6.10 Å². The Labute approximate surface area is 354 Å². The second kappa shape index (κ2) is 43.5. The Balaban J connectivity index is 4.20. The van der Waals surface area contributed by atoms with Crippen molar-refractivity contribution >= 4 is 19.8 Å². The first-order chi connectivity index (χ1) is 28.3. The highest BCUT2D eigenvalue weighted by Crippen LogP contribution is 2.43. The second-order valence-corrected chi connectivity index (χ2v) is 15.8. The van der Waals surface area contributed by atoms with Crippen LogP contribution in [0.15, 0.2) is 97.2 Å². The van der Waals surface area contributed by atoms with E-state index in [4.69, 9.17) is 18.5 Å². The molecule has 0 bridgehead atoms. The van der Waals surface area contributed by atoms with Crippen LogP contribution in [0, 0.1) is 0 Å². The number of hydrogen-bond acceptors (Lipinski definition) is 7. The monoisotopic (exact) mass is 829 g/mol. The first-order valence-corrected chi connectivity index (χ1v) is 24.0. The molecule has 8 nitrogen and oxygen atoms in total. The van der Waals surface area contributed by atoms with E-state index in [2.05, 4.69) is 98.9 Å². The zero-order chi connectivity index (χ0) is 42.5. The van der Waals surface area contributed by atoms with Crippen LogP contribution in [0.25, 0.3) is 0 Å². The molecule has 1 N–H and O–H groups in total. The van der Waals surface area contributed by atoms with Gasteiger partial charge in [-0.05, 0) is 90.4 Å². The zero-order valence-corrected chi connectivity index (χ0v) is 37.6. The van der Waals surface area contributed by atoms with Crippen LogP contribution in [0.5, 0.6) is 0 Å². The third-order valence-electron chi connectivity index (χ3n) is 8.89. The molecule has 0 aromatic rings. The van der Waals surface area contributed by atoms with E-state index in [0.717, 1.165) is 77.0 Å². The molecule has 0 spiro atoms. The third kappa shape index (κ3) is 42.6. The van der Waals surface area contributed by atoms with Crippen LogP contribution < -0.4 is 0 Å². The molecule has 58 heavy (non-hydrogen) atoms. The summed E-state index contributed by atoms with van der Waals surface area (Å²) < 4.78 is 32.6. The number of unbranched alkanes of at least 4 members (excludes halogenated alkanes) is 12. The van der Waals surface area contributed by atoms with Crippen molar-refractivity contribution in [2.75, 3.05) is 19.8 Å². The molecule has 0 aromatic heterocycles. The smallest absolute Gasteiger partial charge is 0.462 e. The number of rotatable bonds is 40. The molecule has 2 unspecified atom stereocenters. The van der Waals surface area contributed by atoms with Crippen molar-refractivity contribution in [1.29, 1.82) is 0 Å². The molecular weight excluding hydrogens is 748 g/mol. The van der Waals surface area contributed by atoms with Crippen LogP contribution >= 0.6 is 7.82 Å². The highest BCUT2D eigenvalue weighted by molar-refractivity contribution is 7.47. The Morgan fingerprint density at radius 2 is 0.914 bits per heavy atom. The molecule has 9 heteroatoms. The summed E-state index contributed by atoms with van der Waals surface area (Å²) in [5, 5.41) is 0. The fourth-order valence-corrected chi connectivity index (χ4v) is 6.38. The lowest BCUT2D eigenvalue weighted by atomic mass is 10.1. The minimum atomic E-state index is -4.31. The van der Waals surface area contributed by atoms with Crippen molar-refractivity contribution < 1.29 is 37.6 Å². The summed E-state index contributed by atoms with van der Waals surface area (Å²) in [7, 11) is -4.31. The van der Waals surface area contributed by atoms with Gasteiger partial charge in [-0.25, -0.2) is 4.57 Å². The van der Waals surface area contributed by atoms with Gasteiger partial charge in [-0.2, -0.15) is 0 Å². The van der Waals surface area contributed by atoms with Crippen LogP contribution in [0.1, 0.15) is 175 Å². The van der Waals surface area contributed by atoms with E-state index >= 15 is 0 Å². The Hall–Kier alpha value is -3.03. The van der Waals surface area contributed by atoms with Gasteiger partial charge in [0.05, 0.1) is 13.2 Å². The summed E-state index contributed by atoms with van der Waals surface area (Å²) >= 11 is 0. The Morgan fingerprint density at radius 1 is 0.483 bits per heavy atom. The number of allylic oxidation sites excluding steroid dienone is 16. The molecular formula is C49H81O8P. The van der Waals surface area contributed by atoms with Gasteiger partial charge in [-0.1, -0.05) is 169 Å². The van der Waals surface area contributed by atoms with Crippen LogP contribution in [-0.2, 0) is 32.7 Å². The lowest BCUT2D eigenvalue weighted by Crippen LogP contribution is -2.29. The van der Waals surface area contributed by atoms with Gasteiger partial charge >= 0.3 is 19.8 Å². The maximum Gasteiger partial charge on any atom is 0.472 e. The van der Waals surface area contributed by atoms with E-state index < -0.39 is 32.5 Å².